The quantitative estimate of drug-likeness (QED) is 0.702. The Morgan fingerprint density at radius 2 is 1.00 bits per heavy atom. The van der Waals surface area contributed by atoms with Crippen LogP contribution in [0.25, 0.3) is 11.1 Å². The molecule has 0 saturated heterocycles. The van der Waals surface area contributed by atoms with Gasteiger partial charge in [0.05, 0.1) is 0 Å². The average Bonchev–Trinajstić information content (AvgIpc) is 2.42. The molecule has 0 heterocycles. The first-order valence-corrected chi connectivity index (χ1v) is 6.06. The van der Waals surface area contributed by atoms with Crippen LogP contribution >= 0.6 is 24.0 Å². The van der Waals surface area contributed by atoms with Gasteiger partial charge in [0, 0.05) is 13.2 Å². The van der Waals surface area contributed by atoms with Crippen molar-refractivity contribution in [1.29, 1.82) is 0 Å². The Morgan fingerprint density at radius 3 is 1.22 bits per heavy atom. The molecule has 0 aliphatic carbocycles. The monoisotopic (exact) mass is 356 g/mol. The van der Waals surface area contributed by atoms with Crippen LogP contribution in [0.2, 0.25) is 0 Å². The lowest BCUT2D eigenvalue weighted by Gasteiger charge is -1.98. The summed E-state index contributed by atoms with van der Waals surface area (Å²) in [6.45, 7) is 5.67. The summed E-state index contributed by atoms with van der Waals surface area (Å²) in [7, 11) is 0. The van der Waals surface area contributed by atoms with E-state index in [-0.39, 0.29) is 24.0 Å². The van der Waals surface area contributed by atoms with Crippen LogP contribution in [-0.2, 0) is 4.74 Å². The van der Waals surface area contributed by atoms with Crippen molar-refractivity contribution in [2.75, 3.05) is 13.2 Å². The molecule has 0 aliphatic heterocycles. The zero-order valence-electron chi connectivity index (χ0n) is 11.0. The van der Waals surface area contributed by atoms with Gasteiger partial charge in [0.2, 0.25) is 0 Å². The molecular weight excluding hydrogens is 335 g/mol. The summed E-state index contributed by atoms with van der Waals surface area (Å²) in [5, 5.41) is 0. The Kier molecular flexibility index (Phi) is 10.7. The van der Waals surface area contributed by atoms with Gasteiger partial charge in [-0.2, -0.15) is 0 Å². The molecule has 0 fully saturated rings. The molecule has 0 aliphatic rings. The molecule has 0 radical (unpaired) electrons. The summed E-state index contributed by atoms with van der Waals surface area (Å²) in [6.07, 6.45) is 0. The molecule has 0 N–H and O–H groups in total. The van der Waals surface area contributed by atoms with E-state index in [1.54, 1.807) is 0 Å². The summed E-state index contributed by atoms with van der Waals surface area (Å²) in [4.78, 5) is 0. The van der Waals surface area contributed by atoms with Crippen molar-refractivity contribution < 1.29 is 4.74 Å². The number of benzene rings is 2. The van der Waals surface area contributed by atoms with E-state index in [1.807, 2.05) is 26.0 Å². The minimum atomic E-state index is 0. The zero-order valence-corrected chi connectivity index (χ0v) is 13.3. The zero-order chi connectivity index (χ0) is 12.3. The maximum absolute atomic E-state index is 4.83. The molecular formula is C16H21IO. The van der Waals surface area contributed by atoms with E-state index >= 15 is 0 Å². The fourth-order valence-electron chi connectivity index (χ4n) is 1.47. The minimum Gasteiger partial charge on any atom is -0.382 e. The number of ether oxygens (including phenoxy) is 1. The van der Waals surface area contributed by atoms with Gasteiger partial charge in [-0.05, 0) is 25.0 Å². The Hall–Kier alpha value is -0.870. The maximum Gasteiger partial charge on any atom is 0.0437 e. The van der Waals surface area contributed by atoms with E-state index in [4.69, 9.17) is 4.74 Å². The molecule has 18 heavy (non-hydrogen) atoms. The van der Waals surface area contributed by atoms with Crippen molar-refractivity contribution in [3.8, 4) is 11.1 Å². The van der Waals surface area contributed by atoms with Crippen LogP contribution in [0.1, 0.15) is 13.8 Å². The second-order valence-electron chi connectivity index (χ2n) is 3.51. The van der Waals surface area contributed by atoms with Gasteiger partial charge in [0.1, 0.15) is 0 Å². The normalized spacial score (nSPS) is 8.78. The summed E-state index contributed by atoms with van der Waals surface area (Å²) < 4.78 is 4.83. The number of hydrogen-bond acceptors (Lipinski definition) is 1. The van der Waals surface area contributed by atoms with Crippen LogP contribution in [-0.4, -0.2) is 13.2 Å². The van der Waals surface area contributed by atoms with Crippen molar-refractivity contribution in [1.82, 2.24) is 0 Å². The number of halogens is 1. The average molecular weight is 356 g/mol. The summed E-state index contributed by atoms with van der Waals surface area (Å²) in [5.74, 6) is 0. The Bertz CT molecular complexity index is 347. The molecule has 0 aromatic heterocycles. The summed E-state index contributed by atoms with van der Waals surface area (Å²) in [6, 6.07) is 20.8. The van der Waals surface area contributed by atoms with Gasteiger partial charge in [-0.25, -0.2) is 0 Å². The second kappa shape index (κ2) is 11.2. The number of rotatable bonds is 3. The number of hydrogen-bond donors (Lipinski definition) is 0. The highest BCUT2D eigenvalue weighted by Gasteiger charge is 1.91. The van der Waals surface area contributed by atoms with Crippen LogP contribution < -0.4 is 0 Å². The Morgan fingerprint density at radius 1 is 0.667 bits per heavy atom. The summed E-state index contributed by atoms with van der Waals surface area (Å²) in [5.41, 5.74) is 2.55. The van der Waals surface area contributed by atoms with Crippen molar-refractivity contribution in [2.24, 2.45) is 0 Å². The van der Waals surface area contributed by atoms with Gasteiger partial charge in [-0.3, -0.25) is 0 Å². The standard InChI is InChI=1S/C12H10.C4H10O.HI/c1-3-7-11(8-4-1)12-9-5-2-6-10-12;1-3-5-4-2;/h1-10H;3-4H2,1-2H3;1H. The lowest BCUT2D eigenvalue weighted by atomic mass is 10.1. The van der Waals surface area contributed by atoms with Crippen LogP contribution in [0, 0.1) is 0 Å². The predicted octanol–water partition coefficient (Wildman–Crippen LogP) is 5.01. The minimum absolute atomic E-state index is 0. The van der Waals surface area contributed by atoms with Crippen molar-refractivity contribution >= 4 is 24.0 Å². The molecule has 1 nitrogen and oxygen atoms in total. The highest BCUT2D eigenvalue weighted by atomic mass is 127. The molecule has 2 aromatic rings. The predicted molar refractivity (Wildman–Crippen MR) is 89.5 cm³/mol. The van der Waals surface area contributed by atoms with Crippen LogP contribution in [0.5, 0.6) is 0 Å². The van der Waals surface area contributed by atoms with Gasteiger partial charge < -0.3 is 4.74 Å². The first-order chi connectivity index (χ1) is 8.38. The van der Waals surface area contributed by atoms with Gasteiger partial charge in [-0.15, -0.1) is 24.0 Å². The third-order valence-electron chi connectivity index (χ3n) is 2.29. The van der Waals surface area contributed by atoms with E-state index in [0.717, 1.165) is 13.2 Å². The molecule has 2 heteroatoms. The molecule has 0 unspecified atom stereocenters. The highest BCUT2D eigenvalue weighted by molar-refractivity contribution is 14.0. The third kappa shape index (κ3) is 6.77. The van der Waals surface area contributed by atoms with Gasteiger partial charge >= 0.3 is 0 Å². The Labute approximate surface area is 127 Å². The van der Waals surface area contributed by atoms with E-state index in [0.29, 0.717) is 0 Å². The SMILES string of the molecule is CCOCC.I.c1ccc(-c2ccccc2)cc1. The third-order valence-corrected chi connectivity index (χ3v) is 2.29. The van der Waals surface area contributed by atoms with Crippen molar-refractivity contribution in [2.45, 2.75) is 13.8 Å². The van der Waals surface area contributed by atoms with E-state index in [1.165, 1.54) is 11.1 Å². The molecule has 0 spiro atoms. The lowest BCUT2D eigenvalue weighted by molar-refractivity contribution is 0.162. The van der Waals surface area contributed by atoms with E-state index in [2.05, 4.69) is 48.5 Å². The topological polar surface area (TPSA) is 9.23 Å². The van der Waals surface area contributed by atoms with Crippen molar-refractivity contribution in [3.05, 3.63) is 60.7 Å². The first-order valence-electron chi connectivity index (χ1n) is 6.06. The smallest absolute Gasteiger partial charge is 0.0437 e. The second-order valence-corrected chi connectivity index (χ2v) is 3.51. The first kappa shape index (κ1) is 17.1. The molecule has 98 valence electrons. The van der Waals surface area contributed by atoms with Gasteiger partial charge in [0.15, 0.2) is 0 Å². The fraction of sp³-hybridized carbons (Fsp3) is 0.250. The fourth-order valence-corrected chi connectivity index (χ4v) is 1.47. The maximum atomic E-state index is 4.83. The molecule has 2 aromatic carbocycles. The summed E-state index contributed by atoms with van der Waals surface area (Å²) >= 11 is 0. The van der Waals surface area contributed by atoms with E-state index < -0.39 is 0 Å². The van der Waals surface area contributed by atoms with Gasteiger partial charge in [-0.1, -0.05) is 60.7 Å². The lowest BCUT2D eigenvalue weighted by Crippen LogP contribution is -1.84. The van der Waals surface area contributed by atoms with Crippen LogP contribution in [0.4, 0.5) is 0 Å². The van der Waals surface area contributed by atoms with Gasteiger partial charge in [0.25, 0.3) is 0 Å². The van der Waals surface area contributed by atoms with Crippen molar-refractivity contribution in [3.63, 3.8) is 0 Å². The Balaban J connectivity index is 0.000000421. The van der Waals surface area contributed by atoms with Crippen LogP contribution in [0.3, 0.4) is 0 Å². The molecule has 0 saturated carbocycles. The molecule has 0 bridgehead atoms. The highest BCUT2D eigenvalue weighted by Crippen LogP contribution is 2.17. The molecule has 0 atom stereocenters. The molecule has 0 amide bonds. The van der Waals surface area contributed by atoms with E-state index in [9.17, 15) is 0 Å². The van der Waals surface area contributed by atoms with Crippen LogP contribution in [0.15, 0.2) is 60.7 Å². The molecule has 2 rings (SSSR count). The largest absolute Gasteiger partial charge is 0.382 e.